The molecule has 0 aliphatic rings. The molecule has 10 heteroatoms. The summed E-state index contributed by atoms with van der Waals surface area (Å²) in [5, 5.41) is 2.38. The summed E-state index contributed by atoms with van der Waals surface area (Å²) in [5.74, 6) is -1.38. The van der Waals surface area contributed by atoms with Gasteiger partial charge in [-0.25, -0.2) is 4.79 Å². The Morgan fingerprint density at radius 2 is 1.70 bits per heavy atom. The van der Waals surface area contributed by atoms with E-state index in [4.69, 9.17) is 18.4 Å². The predicted octanol–water partition coefficient (Wildman–Crippen LogP) is 6.79. The topological polar surface area (TPSA) is 113 Å². The Morgan fingerprint density at radius 1 is 1.02 bits per heavy atom. The van der Waals surface area contributed by atoms with Gasteiger partial charge in [-0.3, -0.25) is 14.6 Å². The van der Waals surface area contributed by atoms with Gasteiger partial charge in [0, 0.05) is 44.9 Å². The van der Waals surface area contributed by atoms with Crippen molar-refractivity contribution in [3.05, 3.63) is 59.4 Å². The van der Waals surface area contributed by atoms with Gasteiger partial charge in [0.2, 0.25) is 0 Å². The van der Waals surface area contributed by atoms with Crippen molar-refractivity contribution in [3.8, 4) is 5.75 Å². The number of hydrogen-bond donors (Lipinski definition) is 1. The first-order valence-corrected chi connectivity index (χ1v) is 15.3. The minimum absolute atomic E-state index is 0.0830. The summed E-state index contributed by atoms with van der Waals surface area (Å²) in [6.45, 7) is 19.2. The van der Waals surface area contributed by atoms with E-state index < -0.39 is 28.5 Å². The van der Waals surface area contributed by atoms with Gasteiger partial charge in [-0.1, -0.05) is 39.8 Å². The number of nitrogens with zero attached hydrogens (tertiary/aromatic N) is 1. The van der Waals surface area contributed by atoms with E-state index in [9.17, 15) is 14.4 Å². The van der Waals surface area contributed by atoms with E-state index in [0.717, 1.165) is 18.5 Å². The first-order chi connectivity index (χ1) is 19.9. The summed E-state index contributed by atoms with van der Waals surface area (Å²) in [7, 11) is 1.65. The molecule has 0 aliphatic heterocycles. The molecule has 43 heavy (non-hydrogen) atoms. The number of para-hydroxylation sites is 1. The molecule has 2 rings (SSSR count). The number of carbonyl (C=O) groups excluding carboxylic acids is 3. The molecule has 1 heterocycles. The molecule has 9 nitrogen and oxygen atoms in total. The first kappa shape index (κ1) is 36.2. The lowest BCUT2D eigenvalue weighted by Crippen LogP contribution is -2.52. The van der Waals surface area contributed by atoms with Crippen LogP contribution in [0.15, 0.2) is 42.7 Å². The molecular weight excluding hydrogens is 568 g/mol. The van der Waals surface area contributed by atoms with E-state index in [0.29, 0.717) is 11.1 Å². The number of aromatic nitrogens is 1. The molecule has 0 saturated carbocycles. The Morgan fingerprint density at radius 3 is 2.21 bits per heavy atom. The molecule has 1 N–H and O–H groups in total. The lowest BCUT2D eigenvalue weighted by molar-refractivity contribution is -0.131. The average molecular weight is 617 g/mol. The third-order valence-electron chi connectivity index (χ3n) is 7.23. The zero-order valence-electron chi connectivity index (χ0n) is 27.4. The summed E-state index contributed by atoms with van der Waals surface area (Å²) in [6.07, 6.45) is 3.81. The molecule has 0 bridgehead atoms. The fourth-order valence-electron chi connectivity index (χ4n) is 5.22. The van der Waals surface area contributed by atoms with Gasteiger partial charge < -0.3 is 23.7 Å². The second-order valence-corrected chi connectivity index (χ2v) is 13.8. The number of nitrogens with one attached hydrogen (secondary N) is 1. The van der Waals surface area contributed by atoms with Gasteiger partial charge in [-0.15, -0.1) is 0 Å². The van der Waals surface area contributed by atoms with Crippen molar-refractivity contribution in [3.63, 3.8) is 0 Å². The van der Waals surface area contributed by atoms with E-state index >= 15 is 0 Å². The molecule has 0 saturated heterocycles. The SMILES string of the molecule is CCC(C(C)(C)C)C(C)(OSC(Cc1cccc(C(=O)OC(C)(C)C)c1OC(C)=O)NC(=O)c1cccnc1)C(C)OC. The molecule has 0 spiro atoms. The highest BCUT2D eigenvalue weighted by molar-refractivity contribution is 7.95. The van der Waals surface area contributed by atoms with Gasteiger partial charge in [0.1, 0.15) is 27.9 Å². The maximum absolute atomic E-state index is 13.3. The van der Waals surface area contributed by atoms with Crippen LogP contribution in [0.3, 0.4) is 0 Å². The summed E-state index contributed by atoms with van der Waals surface area (Å²) < 4.78 is 23.6. The van der Waals surface area contributed by atoms with Crippen LogP contribution in [0.1, 0.15) is 102 Å². The number of hydrogen-bond acceptors (Lipinski definition) is 9. The smallest absolute Gasteiger partial charge is 0.342 e. The van der Waals surface area contributed by atoms with Crippen molar-refractivity contribution in [2.45, 2.75) is 105 Å². The van der Waals surface area contributed by atoms with Gasteiger partial charge >= 0.3 is 11.9 Å². The quantitative estimate of drug-likeness (QED) is 0.112. The van der Waals surface area contributed by atoms with Crippen molar-refractivity contribution in [2.75, 3.05) is 7.11 Å². The Bertz CT molecular complexity index is 1240. The van der Waals surface area contributed by atoms with Gasteiger partial charge in [-0.05, 0) is 76.1 Å². The average Bonchev–Trinajstić information content (AvgIpc) is 2.90. The number of rotatable bonds is 13. The molecule has 1 aromatic heterocycles. The van der Waals surface area contributed by atoms with Crippen LogP contribution >= 0.6 is 12.0 Å². The standard InChI is InChI=1S/C33H48N2O7S/c1-12-26(31(4,5)6)33(10,21(2)39-11)42-43-27(35-29(37)24-16-14-18-34-20-24)19-23-15-13-17-25(28(23)40-22(3)36)30(38)41-32(7,8)9/h13-18,20-21,26-27H,12,19H2,1-11H3,(H,35,37). The summed E-state index contributed by atoms with van der Waals surface area (Å²) in [4.78, 5) is 42.6. The fourth-order valence-corrected chi connectivity index (χ4v) is 6.20. The van der Waals surface area contributed by atoms with Crippen LogP contribution in [-0.2, 0) is 24.9 Å². The third-order valence-corrected chi connectivity index (χ3v) is 8.20. The van der Waals surface area contributed by atoms with Crippen molar-refractivity contribution < 1.29 is 32.8 Å². The second kappa shape index (κ2) is 15.2. The molecule has 238 valence electrons. The number of benzene rings is 1. The number of carbonyl (C=O) groups is 3. The Labute approximate surface area is 261 Å². The molecule has 4 atom stereocenters. The van der Waals surface area contributed by atoms with E-state index in [1.54, 1.807) is 64.4 Å². The zero-order chi connectivity index (χ0) is 32.6. The maximum atomic E-state index is 13.3. The number of esters is 2. The van der Waals surface area contributed by atoms with E-state index in [-0.39, 0.29) is 41.1 Å². The van der Waals surface area contributed by atoms with Crippen LogP contribution in [0.25, 0.3) is 0 Å². The normalized spacial score (nSPS) is 15.5. The molecule has 4 unspecified atom stereocenters. The van der Waals surface area contributed by atoms with Crippen LogP contribution in [0.2, 0.25) is 0 Å². The Balaban J connectivity index is 2.56. The van der Waals surface area contributed by atoms with Crippen LogP contribution in [0.4, 0.5) is 0 Å². The lowest BCUT2D eigenvalue weighted by atomic mass is 9.68. The largest absolute Gasteiger partial charge is 0.456 e. The molecule has 0 fully saturated rings. The summed E-state index contributed by atoms with van der Waals surface area (Å²) >= 11 is 1.11. The van der Waals surface area contributed by atoms with Gasteiger partial charge in [0.05, 0.1) is 11.7 Å². The molecule has 0 aliphatic carbocycles. The van der Waals surface area contributed by atoms with Crippen molar-refractivity contribution >= 4 is 29.9 Å². The monoisotopic (exact) mass is 616 g/mol. The van der Waals surface area contributed by atoms with Crippen molar-refractivity contribution in [1.82, 2.24) is 10.3 Å². The molecular formula is C33H48N2O7S. The van der Waals surface area contributed by atoms with Gasteiger partial charge in [0.15, 0.2) is 0 Å². The summed E-state index contributed by atoms with van der Waals surface area (Å²) in [6, 6.07) is 8.34. The first-order valence-electron chi connectivity index (χ1n) is 14.5. The minimum atomic E-state index is -0.754. The van der Waals surface area contributed by atoms with Crippen molar-refractivity contribution in [2.24, 2.45) is 11.3 Å². The number of amides is 1. The Hall–Kier alpha value is -2.95. The van der Waals surface area contributed by atoms with E-state index in [1.807, 2.05) is 13.8 Å². The predicted molar refractivity (Wildman–Crippen MR) is 169 cm³/mol. The lowest BCUT2D eigenvalue weighted by Gasteiger charge is -2.46. The molecule has 2 aromatic rings. The highest BCUT2D eigenvalue weighted by Gasteiger charge is 2.46. The summed E-state index contributed by atoms with van der Waals surface area (Å²) in [5.41, 5.74) is -0.574. The minimum Gasteiger partial charge on any atom is -0.456 e. The van der Waals surface area contributed by atoms with E-state index in [2.05, 4.69) is 38.0 Å². The molecule has 0 radical (unpaired) electrons. The van der Waals surface area contributed by atoms with Crippen LogP contribution in [0.5, 0.6) is 5.75 Å². The van der Waals surface area contributed by atoms with Crippen LogP contribution in [-0.4, -0.2) is 52.6 Å². The molecule has 1 aromatic carbocycles. The third kappa shape index (κ3) is 10.3. The van der Waals surface area contributed by atoms with Crippen LogP contribution < -0.4 is 10.1 Å². The van der Waals surface area contributed by atoms with Crippen LogP contribution in [0, 0.1) is 11.3 Å². The van der Waals surface area contributed by atoms with Gasteiger partial charge in [-0.2, -0.15) is 0 Å². The molecule has 1 amide bonds. The number of ether oxygens (including phenoxy) is 3. The van der Waals surface area contributed by atoms with E-state index in [1.165, 1.54) is 13.1 Å². The highest BCUT2D eigenvalue weighted by Crippen LogP contribution is 2.44. The van der Waals surface area contributed by atoms with Crippen molar-refractivity contribution in [1.29, 1.82) is 0 Å². The Kier molecular flexibility index (Phi) is 12.8. The number of methoxy groups -OCH3 is 1. The second-order valence-electron chi connectivity index (χ2n) is 12.9. The fraction of sp³-hybridized carbons (Fsp3) is 0.576. The highest BCUT2D eigenvalue weighted by atomic mass is 32.2. The number of pyridine rings is 1. The zero-order valence-corrected chi connectivity index (χ0v) is 28.2. The maximum Gasteiger partial charge on any atom is 0.342 e. The van der Waals surface area contributed by atoms with Gasteiger partial charge in [0.25, 0.3) is 5.91 Å².